The number of aromatic nitrogens is 1. The van der Waals surface area contributed by atoms with E-state index in [1.165, 1.54) is 62.8 Å². The summed E-state index contributed by atoms with van der Waals surface area (Å²) < 4.78 is 24.9. The zero-order chi connectivity index (χ0) is 40.8. The van der Waals surface area contributed by atoms with E-state index in [1.807, 2.05) is 23.5 Å². The highest BCUT2D eigenvalue weighted by atomic mass is 32.2. The molecule has 9 rings (SSSR count). The molecule has 0 radical (unpaired) electrons. The summed E-state index contributed by atoms with van der Waals surface area (Å²) in [4.78, 5) is 15.3. The molecule has 9 heteroatoms. The molecule has 1 saturated heterocycles. The average molecular weight is 842 g/mol. The van der Waals surface area contributed by atoms with Crippen molar-refractivity contribution in [2.75, 3.05) is 11.5 Å². The Morgan fingerprint density at radius 2 is 1.79 bits per heavy atom. The second-order valence-electron chi connectivity index (χ2n) is 21.4. The largest absolute Gasteiger partial charge is 0.417 e. The van der Waals surface area contributed by atoms with Crippen molar-refractivity contribution in [1.29, 1.82) is 0 Å². The number of benzene rings is 1. The first-order chi connectivity index (χ1) is 26.7. The molecule has 2 saturated carbocycles. The number of hydrogen-bond donors (Lipinski definition) is 0. The second kappa shape index (κ2) is 13.5. The SMILES string of the molecule is C=C(C)[C@H]1C(=O)c2c3c(cc4c5c(n1c24)[C@@]1(C)C(CCC2[C@](C)(/C=C/C=C4SCCCS4)C(O[Si](C)(C)C)CC[C@@]21C)C5)C1=CC(C)(C)OC(C)(C)C1C3O[SiH2]C. The molecular formula is C48H67NO4S2Si2. The zero-order valence-corrected chi connectivity index (χ0v) is 40.9. The Hall–Kier alpha value is -1.60. The third kappa shape index (κ3) is 5.81. The number of carbonyl (C=O) groups is 1. The van der Waals surface area contributed by atoms with Gasteiger partial charge in [-0.05, 0) is 156 Å². The zero-order valence-electron chi connectivity index (χ0n) is 36.8. The van der Waals surface area contributed by atoms with Gasteiger partial charge < -0.3 is 18.2 Å². The van der Waals surface area contributed by atoms with E-state index in [1.54, 1.807) is 0 Å². The van der Waals surface area contributed by atoms with Crippen LogP contribution in [0.25, 0.3) is 16.5 Å². The lowest BCUT2D eigenvalue weighted by Gasteiger charge is -2.65. The Kier molecular flexibility index (Phi) is 9.63. The minimum Gasteiger partial charge on any atom is -0.417 e. The number of fused-ring (bicyclic) bond motifs is 11. The van der Waals surface area contributed by atoms with Gasteiger partial charge in [0.15, 0.2) is 23.9 Å². The van der Waals surface area contributed by atoms with Crippen molar-refractivity contribution >= 4 is 63.9 Å². The fourth-order valence-corrected chi connectivity index (χ4v) is 18.2. The summed E-state index contributed by atoms with van der Waals surface area (Å²) in [5, 5.41) is 1.30. The van der Waals surface area contributed by atoms with Crippen LogP contribution in [0.5, 0.6) is 0 Å². The summed E-state index contributed by atoms with van der Waals surface area (Å²) >= 11 is 4.02. The first kappa shape index (κ1) is 40.8. The van der Waals surface area contributed by atoms with Gasteiger partial charge in [0.1, 0.15) is 6.04 Å². The van der Waals surface area contributed by atoms with Crippen molar-refractivity contribution in [3.8, 4) is 0 Å². The van der Waals surface area contributed by atoms with Gasteiger partial charge in [0.05, 0.1) is 34.5 Å². The normalized spacial score (nSPS) is 37.7. The predicted molar refractivity (Wildman–Crippen MR) is 247 cm³/mol. The van der Waals surface area contributed by atoms with Gasteiger partial charge in [-0.1, -0.05) is 51.6 Å². The number of nitrogens with zero attached hydrogens (tertiary/aromatic N) is 1. The van der Waals surface area contributed by atoms with Crippen LogP contribution in [0.3, 0.4) is 0 Å². The predicted octanol–water partition coefficient (Wildman–Crippen LogP) is 11.9. The highest BCUT2D eigenvalue weighted by Crippen LogP contribution is 2.72. The summed E-state index contributed by atoms with van der Waals surface area (Å²) in [7, 11) is -2.63. The third-order valence-corrected chi connectivity index (χ3v) is 20.1. The highest BCUT2D eigenvalue weighted by Gasteiger charge is 2.68. The molecule has 0 N–H and O–H groups in total. The molecule has 57 heavy (non-hydrogen) atoms. The van der Waals surface area contributed by atoms with Gasteiger partial charge in [0.25, 0.3) is 0 Å². The van der Waals surface area contributed by atoms with Crippen LogP contribution in [0.4, 0.5) is 0 Å². The number of thioether (sulfide) groups is 2. The summed E-state index contributed by atoms with van der Waals surface area (Å²) in [5.41, 5.74) is 8.48. The Morgan fingerprint density at radius 1 is 1.07 bits per heavy atom. The van der Waals surface area contributed by atoms with E-state index in [0.717, 1.165) is 41.5 Å². The molecule has 4 aliphatic carbocycles. The van der Waals surface area contributed by atoms with Gasteiger partial charge >= 0.3 is 0 Å². The summed E-state index contributed by atoms with van der Waals surface area (Å²) in [6.45, 7) is 32.6. The number of hydrogen-bond acceptors (Lipinski definition) is 6. The van der Waals surface area contributed by atoms with Crippen molar-refractivity contribution in [2.24, 2.45) is 28.6 Å². The molecule has 7 aliphatic rings. The highest BCUT2D eigenvalue weighted by molar-refractivity contribution is 8.22. The smallest absolute Gasteiger partial charge is 0.192 e. The van der Waals surface area contributed by atoms with E-state index in [4.69, 9.17) is 13.6 Å². The molecule has 0 spiro atoms. The molecule has 0 amide bonds. The van der Waals surface area contributed by atoms with Crippen molar-refractivity contribution in [3.05, 3.63) is 74.7 Å². The maximum absolute atomic E-state index is 15.3. The minimum absolute atomic E-state index is 0.00487. The van der Waals surface area contributed by atoms with E-state index in [9.17, 15) is 0 Å². The van der Waals surface area contributed by atoms with Gasteiger partial charge in [-0.25, -0.2) is 0 Å². The molecule has 2 aromatic rings. The fraction of sp³-hybridized carbons (Fsp3) is 0.646. The molecular weight excluding hydrogens is 775 g/mol. The molecule has 0 bridgehead atoms. The second-order valence-corrected chi connectivity index (χ2v) is 29.3. The Balaban J connectivity index is 1.25. The van der Waals surface area contributed by atoms with Crippen LogP contribution < -0.4 is 0 Å². The van der Waals surface area contributed by atoms with Crippen LogP contribution in [0.2, 0.25) is 26.2 Å². The van der Waals surface area contributed by atoms with E-state index in [0.29, 0.717) is 11.8 Å². The first-order valence-corrected chi connectivity index (χ1v) is 29.4. The monoisotopic (exact) mass is 841 g/mol. The molecule has 3 fully saturated rings. The van der Waals surface area contributed by atoms with Crippen molar-refractivity contribution in [1.82, 2.24) is 4.57 Å². The van der Waals surface area contributed by atoms with Crippen LogP contribution in [-0.4, -0.2) is 57.2 Å². The van der Waals surface area contributed by atoms with Crippen LogP contribution in [0.1, 0.15) is 132 Å². The van der Waals surface area contributed by atoms with Crippen LogP contribution in [-0.2, 0) is 25.4 Å². The summed E-state index contributed by atoms with van der Waals surface area (Å²) in [5.74, 6) is 3.65. The molecule has 9 atom stereocenters. The fourth-order valence-electron chi connectivity index (χ4n) is 13.9. The van der Waals surface area contributed by atoms with Crippen molar-refractivity contribution < 1.29 is 18.4 Å². The molecule has 5 unspecified atom stereocenters. The Morgan fingerprint density at radius 3 is 2.46 bits per heavy atom. The van der Waals surface area contributed by atoms with E-state index in [-0.39, 0.29) is 40.2 Å². The number of ketones is 1. The third-order valence-electron chi connectivity index (χ3n) is 15.9. The standard InChI is InChI=1S/C48H67NO4S2Si2/c1-27(2)39-41(50)37-36-29(32-26-44(3,4)53-45(5,6)38(32)42(36)51-56-10)25-30-31-24-28-17-18-33-46(7,20-14-16-35-54-22-15-23-55-35)34(52-57(11,12)13)19-21-47(33,8)48(28,9)43(31)49(39)40(30)37/h14,16,20,25-26,28,33-34,38-39,42H,1,15,17-19,21-24,56H2,2-13H3/b20-14+/t28?,33?,34?,38?,39-,42?,46-,47-,48+/m0/s1. The van der Waals surface area contributed by atoms with E-state index < -0.39 is 35.3 Å². The Bertz CT molecular complexity index is 2170. The quantitative estimate of drug-likeness (QED) is 0.204. The van der Waals surface area contributed by atoms with Gasteiger partial charge in [0, 0.05) is 37.6 Å². The molecule has 3 aliphatic heterocycles. The lowest BCUT2D eigenvalue weighted by molar-refractivity contribution is -0.140. The molecule has 4 heterocycles. The molecule has 1 aromatic carbocycles. The number of allylic oxidation sites excluding steroid dienone is 3. The van der Waals surface area contributed by atoms with E-state index in [2.05, 4.69) is 123 Å². The first-order valence-electron chi connectivity index (χ1n) is 22.0. The number of rotatable bonds is 7. The maximum atomic E-state index is 15.3. The number of Topliss-reactive ketones (excluding diaryl/α,β-unsaturated/α-hetero) is 1. The van der Waals surface area contributed by atoms with Crippen molar-refractivity contribution in [2.45, 2.75) is 155 Å². The topological polar surface area (TPSA) is 49.7 Å². The summed E-state index contributed by atoms with van der Waals surface area (Å²) in [6, 6.07) is 2.11. The lowest BCUT2D eigenvalue weighted by Crippen LogP contribution is -2.63. The number of ether oxygens (including phenoxy) is 1. The van der Waals surface area contributed by atoms with Gasteiger partial charge in [-0.3, -0.25) is 4.79 Å². The van der Waals surface area contributed by atoms with Crippen LogP contribution in [0, 0.1) is 28.6 Å². The van der Waals surface area contributed by atoms with E-state index >= 15 is 4.79 Å². The lowest BCUT2D eigenvalue weighted by atomic mass is 9.40. The van der Waals surface area contributed by atoms with Crippen molar-refractivity contribution in [3.63, 3.8) is 0 Å². The maximum Gasteiger partial charge on any atom is 0.192 e. The van der Waals surface area contributed by atoms with Gasteiger partial charge in [0.2, 0.25) is 0 Å². The summed E-state index contributed by atoms with van der Waals surface area (Å²) in [6.07, 6.45) is 16.7. The van der Waals surface area contributed by atoms with Gasteiger partial charge in [-0.15, -0.1) is 23.5 Å². The molecule has 5 nitrogen and oxygen atoms in total. The average Bonchev–Trinajstić information content (AvgIpc) is 3.79. The Labute approximate surface area is 354 Å². The molecule has 1 aromatic heterocycles. The number of carbonyl (C=O) groups excluding carboxylic acids is 1. The molecule has 308 valence electrons. The van der Waals surface area contributed by atoms with Gasteiger partial charge in [-0.2, -0.15) is 0 Å². The minimum atomic E-state index is -1.83. The van der Waals surface area contributed by atoms with Crippen LogP contribution in [0.15, 0.2) is 46.8 Å². The van der Waals surface area contributed by atoms with Crippen LogP contribution >= 0.6 is 23.5 Å².